The standard InChI is InChI=1S/C35H46O11/c1-9-17(2)29(38)45-27-24-25-31(5,16-41-24)22(42-18(3)36)14-23(43-19(4)37)33(25,7)21-10-12-32(6)26(20-11-13-40-15-20)44-30(39)28-35(32,46-28)34(21,27)8/h11,13,15,17,21-28H,9-10,12,14,16H2,1-8H3/t17?,21?,22-,23+,24-,25?,26+,27-,28+,31-,32+,33+,34+,35+/m1/s1. The third kappa shape index (κ3) is 3.73. The summed E-state index contributed by atoms with van der Waals surface area (Å²) in [7, 11) is 0. The Morgan fingerprint density at radius 3 is 2.35 bits per heavy atom. The van der Waals surface area contributed by atoms with Crippen LogP contribution in [0.4, 0.5) is 0 Å². The first-order valence-electron chi connectivity index (χ1n) is 16.7. The minimum atomic E-state index is -1.08. The number of esters is 4. The summed E-state index contributed by atoms with van der Waals surface area (Å²) in [5, 5.41) is 0. The average Bonchev–Trinajstić information content (AvgIpc) is 3.36. The molecule has 7 rings (SSSR count). The number of cyclic esters (lactones) is 1. The lowest BCUT2D eigenvalue weighted by molar-refractivity contribution is -0.306. The normalized spacial score (nSPS) is 48.8. The molecule has 1 aromatic heterocycles. The van der Waals surface area contributed by atoms with E-state index in [1.165, 1.54) is 13.8 Å². The number of fused-ring (bicyclic) bond motifs is 2. The van der Waals surface area contributed by atoms with Crippen LogP contribution in [0.5, 0.6) is 0 Å². The van der Waals surface area contributed by atoms with Crippen molar-refractivity contribution in [3.8, 4) is 0 Å². The molecule has 11 nitrogen and oxygen atoms in total. The van der Waals surface area contributed by atoms with E-state index in [1.807, 2.05) is 19.9 Å². The van der Waals surface area contributed by atoms with Crippen molar-refractivity contribution >= 4 is 23.9 Å². The van der Waals surface area contributed by atoms with Crippen molar-refractivity contribution in [2.45, 2.75) is 123 Å². The van der Waals surface area contributed by atoms with Crippen LogP contribution in [-0.2, 0) is 47.6 Å². The molecular weight excluding hydrogens is 596 g/mol. The van der Waals surface area contributed by atoms with Crippen molar-refractivity contribution in [2.24, 2.45) is 39.4 Å². The van der Waals surface area contributed by atoms with Gasteiger partial charge in [0.15, 0.2) is 6.10 Å². The summed E-state index contributed by atoms with van der Waals surface area (Å²) in [4.78, 5) is 52.6. The monoisotopic (exact) mass is 642 g/mol. The number of hydrogen-bond acceptors (Lipinski definition) is 11. The van der Waals surface area contributed by atoms with Gasteiger partial charge in [0.1, 0.15) is 30.0 Å². The van der Waals surface area contributed by atoms with Gasteiger partial charge >= 0.3 is 23.9 Å². The summed E-state index contributed by atoms with van der Waals surface area (Å²) < 4.78 is 43.8. The number of ether oxygens (including phenoxy) is 6. The van der Waals surface area contributed by atoms with Crippen LogP contribution in [0.3, 0.4) is 0 Å². The number of furan rings is 1. The second-order valence-corrected chi connectivity index (χ2v) is 15.6. The third-order valence-electron chi connectivity index (χ3n) is 13.5. The van der Waals surface area contributed by atoms with E-state index < -0.39 is 81.8 Å². The Morgan fingerprint density at radius 1 is 1.02 bits per heavy atom. The van der Waals surface area contributed by atoms with Crippen LogP contribution in [0.1, 0.15) is 92.7 Å². The fourth-order valence-corrected chi connectivity index (χ4v) is 11.4. The summed E-state index contributed by atoms with van der Waals surface area (Å²) in [5.74, 6) is -2.58. The predicted molar refractivity (Wildman–Crippen MR) is 159 cm³/mol. The number of carbonyl (C=O) groups is 4. The van der Waals surface area contributed by atoms with Gasteiger partial charge in [0.2, 0.25) is 0 Å². The molecule has 3 saturated heterocycles. The highest BCUT2D eigenvalue weighted by Gasteiger charge is 2.91. The van der Waals surface area contributed by atoms with E-state index in [2.05, 4.69) is 27.7 Å². The molecule has 6 fully saturated rings. The van der Waals surface area contributed by atoms with Crippen LogP contribution < -0.4 is 0 Å². The van der Waals surface area contributed by atoms with E-state index in [0.717, 1.165) is 5.56 Å². The smallest absolute Gasteiger partial charge is 0.339 e. The Labute approximate surface area is 269 Å². The second kappa shape index (κ2) is 10.0. The van der Waals surface area contributed by atoms with Gasteiger partial charge in [-0.2, -0.15) is 0 Å². The first-order chi connectivity index (χ1) is 21.6. The van der Waals surface area contributed by atoms with Crippen LogP contribution in [0.15, 0.2) is 23.0 Å². The summed E-state index contributed by atoms with van der Waals surface area (Å²) in [6.45, 7) is 15.2. The molecule has 1 spiro atoms. The Balaban J connectivity index is 1.44. The summed E-state index contributed by atoms with van der Waals surface area (Å²) in [6, 6.07) is 1.81. The lowest BCUT2D eigenvalue weighted by Crippen LogP contribution is -2.78. The maximum Gasteiger partial charge on any atom is 0.339 e. The molecule has 3 aliphatic carbocycles. The number of epoxide rings is 1. The van der Waals surface area contributed by atoms with Gasteiger partial charge in [-0.15, -0.1) is 0 Å². The lowest BCUT2D eigenvalue weighted by Gasteiger charge is -2.71. The minimum absolute atomic E-state index is 0.242. The van der Waals surface area contributed by atoms with Gasteiger partial charge in [0.25, 0.3) is 0 Å². The van der Waals surface area contributed by atoms with Crippen molar-refractivity contribution < 1.29 is 52.0 Å². The fraction of sp³-hybridized carbons (Fsp3) is 0.771. The van der Waals surface area contributed by atoms with Gasteiger partial charge in [-0.05, 0) is 31.2 Å². The maximum atomic E-state index is 13.8. The van der Waals surface area contributed by atoms with E-state index in [0.29, 0.717) is 25.7 Å². The SMILES string of the molecule is CCC(C)C(=O)O[C@@H]1[C@@H]2OC[C@@]3(C)C2[C@@](C)(C2CC[C@@]4(C)[C@H](c5ccoc5)OC(=O)[C@@H]5O[C@@]54[C@@]21C)[C@@H](OC(C)=O)C[C@H]3OC(C)=O. The predicted octanol–water partition coefficient (Wildman–Crippen LogP) is 4.70. The third-order valence-corrected chi connectivity index (χ3v) is 13.5. The molecule has 46 heavy (non-hydrogen) atoms. The molecule has 11 heteroatoms. The van der Waals surface area contributed by atoms with Crippen LogP contribution in [0, 0.1) is 39.4 Å². The fourth-order valence-electron chi connectivity index (χ4n) is 11.4. The first kappa shape index (κ1) is 31.7. The van der Waals surface area contributed by atoms with Crippen molar-refractivity contribution in [3.63, 3.8) is 0 Å². The molecule has 0 radical (unpaired) electrons. The molecule has 3 unspecified atom stereocenters. The molecule has 4 heterocycles. The molecule has 0 aromatic carbocycles. The van der Waals surface area contributed by atoms with Crippen LogP contribution in [0.25, 0.3) is 0 Å². The highest BCUT2D eigenvalue weighted by Crippen LogP contribution is 2.81. The quantitative estimate of drug-likeness (QED) is 0.242. The summed E-state index contributed by atoms with van der Waals surface area (Å²) >= 11 is 0. The van der Waals surface area contributed by atoms with E-state index in [-0.39, 0.29) is 30.3 Å². The Kier molecular flexibility index (Phi) is 6.92. The zero-order valence-electron chi connectivity index (χ0n) is 28.0. The van der Waals surface area contributed by atoms with Crippen LogP contribution in [0.2, 0.25) is 0 Å². The van der Waals surface area contributed by atoms with Gasteiger partial charge < -0.3 is 32.8 Å². The largest absolute Gasteiger partial charge is 0.472 e. The molecule has 0 bridgehead atoms. The zero-order chi connectivity index (χ0) is 33.2. The van der Waals surface area contributed by atoms with Gasteiger partial charge in [0.05, 0.1) is 31.2 Å². The zero-order valence-corrected chi connectivity index (χ0v) is 28.0. The highest BCUT2D eigenvalue weighted by molar-refractivity contribution is 5.82. The van der Waals surface area contributed by atoms with Crippen LogP contribution >= 0.6 is 0 Å². The van der Waals surface area contributed by atoms with Crippen molar-refractivity contribution in [1.82, 2.24) is 0 Å². The van der Waals surface area contributed by atoms with E-state index >= 15 is 0 Å². The molecule has 0 N–H and O–H groups in total. The average molecular weight is 643 g/mol. The molecule has 6 aliphatic rings. The molecule has 3 aliphatic heterocycles. The molecular formula is C35H46O11. The van der Waals surface area contributed by atoms with Gasteiger partial charge in [-0.3, -0.25) is 14.4 Å². The second-order valence-electron chi connectivity index (χ2n) is 15.6. The van der Waals surface area contributed by atoms with Gasteiger partial charge in [-0.1, -0.05) is 41.5 Å². The van der Waals surface area contributed by atoms with E-state index in [4.69, 9.17) is 32.8 Å². The number of rotatable bonds is 6. The number of carbonyl (C=O) groups excluding carboxylic acids is 4. The molecule has 3 saturated carbocycles. The van der Waals surface area contributed by atoms with E-state index in [1.54, 1.807) is 12.5 Å². The van der Waals surface area contributed by atoms with Gasteiger partial charge in [0, 0.05) is 53.4 Å². The molecule has 252 valence electrons. The molecule has 0 amide bonds. The van der Waals surface area contributed by atoms with Crippen LogP contribution in [-0.4, -0.2) is 66.6 Å². The first-order valence-corrected chi connectivity index (χ1v) is 16.7. The van der Waals surface area contributed by atoms with Crippen molar-refractivity contribution in [1.29, 1.82) is 0 Å². The van der Waals surface area contributed by atoms with Crippen molar-refractivity contribution in [2.75, 3.05) is 6.61 Å². The Hall–Kier alpha value is -2.92. The topological polar surface area (TPSA) is 140 Å². The highest BCUT2D eigenvalue weighted by atomic mass is 16.7. The summed E-state index contributed by atoms with van der Waals surface area (Å²) in [5.41, 5.74) is -3.39. The molecule has 14 atom stereocenters. The lowest BCUT2D eigenvalue weighted by atomic mass is 9.34. The van der Waals surface area contributed by atoms with Gasteiger partial charge in [-0.25, -0.2) is 4.79 Å². The Morgan fingerprint density at radius 2 is 1.72 bits per heavy atom. The van der Waals surface area contributed by atoms with Crippen molar-refractivity contribution in [3.05, 3.63) is 24.2 Å². The summed E-state index contributed by atoms with van der Waals surface area (Å²) in [6.07, 6.45) is 1.16. The minimum Gasteiger partial charge on any atom is -0.472 e. The number of hydrogen-bond donors (Lipinski definition) is 0. The maximum absolute atomic E-state index is 13.8. The molecule has 1 aromatic rings. The van der Waals surface area contributed by atoms with E-state index in [9.17, 15) is 19.2 Å². The Bertz CT molecular complexity index is 1460.